The van der Waals surface area contributed by atoms with Gasteiger partial charge in [0.25, 0.3) is 0 Å². The van der Waals surface area contributed by atoms with Crippen LogP contribution in [0.4, 0.5) is 11.4 Å². The van der Waals surface area contributed by atoms with Crippen LogP contribution < -0.4 is 0 Å². The second kappa shape index (κ2) is 9.10. The fourth-order valence-electron chi connectivity index (χ4n) is 5.33. The van der Waals surface area contributed by atoms with Crippen LogP contribution in [-0.4, -0.2) is 33.1 Å². The molecule has 4 aromatic rings. The van der Waals surface area contributed by atoms with E-state index in [1.54, 1.807) is 12.4 Å². The Morgan fingerprint density at radius 1 is 0.538 bits per heavy atom. The zero-order valence-corrected chi connectivity index (χ0v) is 24.2. The van der Waals surface area contributed by atoms with Gasteiger partial charge in [-0.1, -0.05) is 52.0 Å². The number of fused-ring (bicyclic) bond motifs is 12. The third-order valence-corrected chi connectivity index (χ3v) is 7.54. The van der Waals surface area contributed by atoms with E-state index in [0.29, 0.717) is 23.1 Å². The van der Waals surface area contributed by atoms with Crippen molar-refractivity contribution in [2.45, 2.75) is 38.5 Å². The van der Waals surface area contributed by atoms with Crippen molar-refractivity contribution in [2.75, 3.05) is 0 Å². The fraction of sp³-hybridized carbons (Fsp3) is 0.188. The summed E-state index contributed by atoms with van der Waals surface area (Å²) in [4.78, 5) is 29.3. The smallest absolute Gasteiger partial charge is 0.256 e. The first-order chi connectivity index (χ1) is 18.3. The topological polar surface area (TPSA) is 75.2 Å². The van der Waals surface area contributed by atoms with Crippen molar-refractivity contribution < 1.29 is 21.1 Å². The second-order valence-corrected chi connectivity index (χ2v) is 10.7. The number of amidine groups is 2. The predicted molar refractivity (Wildman–Crippen MR) is 151 cm³/mol. The molecule has 4 heterocycles. The molecule has 7 heteroatoms. The monoisotopic (exact) mass is 687 g/mol. The Bertz CT molecular complexity index is 1650. The number of aromatic nitrogens is 2. The van der Waals surface area contributed by atoms with Crippen LogP contribution in [0, 0.1) is 12.1 Å². The Balaban J connectivity index is 0.00000277. The maximum atomic E-state index is 5.10. The average molecular weight is 688 g/mol. The minimum atomic E-state index is -0.523. The van der Waals surface area contributed by atoms with Crippen molar-refractivity contribution in [2.24, 2.45) is 20.0 Å². The van der Waals surface area contributed by atoms with Crippen LogP contribution in [0.1, 0.15) is 61.3 Å². The minimum Gasteiger partial charge on any atom is -0.256 e. The normalized spacial score (nSPS) is 17.5. The largest absolute Gasteiger partial charge is 2.00 e. The first kappa shape index (κ1) is 25.4. The summed E-state index contributed by atoms with van der Waals surface area (Å²) >= 11 is 0. The predicted octanol–water partition coefficient (Wildman–Crippen LogP) is 6.11. The molecular formula is C32H24N6Pt. The van der Waals surface area contributed by atoms with E-state index in [1.165, 1.54) is 0 Å². The van der Waals surface area contributed by atoms with Gasteiger partial charge >= 0.3 is 21.1 Å². The molecule has 0 fully saturated rings. The quantitative estimate of drug-likeness (QED) is 0.210. The van der Waals surface area contributed by atoms with Crippen LogP contribution in [0.2, 0.25) is 0 Å². The van der Waals surface area contributed by atoms with Gasteiger partial charge in [-0.25, -0.2) is 15.0 Å². The number of nitrogens with zero attached hydrogens (tertiary/aromatic N) is 6. The van der Waals surface area contributed by atoms with Crippen molar-refractivity contribution in [3.63, 3.8) is 0 Å². The zero-order chi connectivity index (χ0) is 26.1. The van der Waals surface area contributed by atoms with Gasteiger partial charge in [0.1, 0.15) is 11.4 Å². The Morgan fingerprint density at radius 2 is 1.08 bits per heavy atom. The average Bonchev–Trinajstić information content (AvgIpc) is 3.48. The van der Waals surface area contributed by atoms with Gasteiger partial charge in [-0.2, -0.15) is 36.4 Å². The van der Waals surface area contributed by atoms with Crippen molar-refractivity contribution in [3.05, 3.63) is 119 Å². The van der Waals surface area contributed by atoms with Crippen LogP contribution in [0.25, 0.3) is 0 Å². The third-order valence-electron chi connectivity index (χ3n) is 7.54. The van der Waals surface area contributed by atoms with Crippen molar-refractivity contribution >= 4 is 34.5 Å². The first-order valence-electron chi connectivity index (χ1n) is 12.7. The maximum absolute atomic E-state index is 5.10. The summed E-state index contributed by atoms with van der Waals surface area (Å²) in [5, 5.41) is 0. The number of benzene rings is 3. The summed E-state index contributed by atoms with van der Waals surface area (Å²) in [6.45, 7) is 8.57. The van der Waals surface area contributed by atoms with E-state index >= 15 is 0 Å². The molecule has 3 aliphatic rings. The summed E-state index contributed by atoms with van der Waals surface area (Å²) in [6.07, 6.45) is 3.38. The number of rotatable bonds is 0. The number of hydrogen-bond acceptors (Lipinski definition) is 6. The first-order valence-corrected chi connectivity index (χ1v) is 12.7. The van der Waals surface area contributed by atoms with E-state index in [1.807, 2.05) is 36.4 Å². The summed E-state index contributed by atoms with van der Waals surface area (Å²) < 4.78 is 0. The molecule has 0 amide bonds. The van der Waals surface area contributed by atoms with Crippen LogP contribution in [-0.2, 0) is 31.9 Å². The van der Waals surface area contributed by atoms with Gasteiger partial charge in [0.2, 0.25) is 0 Å². The molecule has 0 atom stereocenters. The summed E-state index contributed by atoms with van der Waals surface area (Å²) in [7, 11) is 0. The molecule has 0 unspecified atom stereocenters. The van der Waals surface area contributed by atoms with Gasteiger partial charge in [0.05, 0.1) is 11.4 Å². The molecule has 192 valence electrons. The van der Waals surface area contributed by atoms with Gasteiger partial charge < -0.3 is 0 Å². The Kier molecular flexibility index (Phi) is 5.92. The van der Waals surface area contributed by atoms with Crippen LogP contribution in [0.3, 0.4) is 0 Å². The van der Waals surface area contributed by atoms with E-state index in [4.69, 9.17) is 20.0 Å². The molecule has 1 aromatic heterocycles. The molecule has 0 aliphatic carbocycles. The molecule has 0 radical (unpaired) electrons. The summed E-state index contributed by atoms with van der Waals surface area (Å²) in [5.41, 5.74) is 7.63. The molecule has 39 heavy (non-hydrogen) atoms. The van der Waals surface area contributed by atoms with Crippen LogP contribution >= 0.6 is 0 Å². The Hall–Kier alpha value is -3.89. The maximum Gasteiger partial charge on any atom is 2.00 e. The number of hydrogen-bond donors (Lipinski definition) is 0. The SMILES string of the molecule is CC1(C)C2=NC(=Nc3[c-]c(ccc3)C(C)(C)C3=NC(=Nc4[c-]c1ccc4)c1nccnc13)c1ccccc12.[Pt+2]. The third kappa shape index (κ3) is 3.97. The number of aliphatic imine (C=N–C) groups is 4. The van der Waals surface area contributed by atoms with Gasteiger partial charge in [-0.15, -0.1) is 23.3 Å². The van der Waals surface area contributed by atoms with E-state index in [0.717, 1.165) is 45.1 Å². The van der Waals surface area contributed by atoms with Gasteiger partial charge in [-0.05, 0) is 11.4 Å². The van der Waals surface area contributed by atoms with E-state index < -0.39 is 10.8 Å². The van der Waals surface area contributed by atoms with Crippen molar-refractivity contribution in [3.8, 4) is 0 Å². The molecule has 8 bridgehead atoms. The standard InChI is InChI=1S/C32H24N6.Pt/c1-31(2)19-9-7-12-22(17-19)36-30-26-25(33-15-16-34-26)28(38-30)32(3,4)20-10-8-11-21(18-20)35-29-24-14-6-5-13-23(24)27(31)37-29;/h5-16H,1-4H3;/q-2;+2. The molecule has 0 spiro atoms. The Morgan fingerprint density at radius 3 is 1.74 bits per heavy atom. The molecule has 0 saturated carbocycles. The van der Waals surface area contributed by atoms with Crippen LogP contribution in [0.15, 0.2) is 93.0 Å². The van der Waals surface area contributed by atoms with Crippen molar-refractivity contribution in [1.82, 2.24) is 9.97 Å². The van der Waals surface area contributed by atoms with E-state index in [9.17, 15) is 0 Å². The summed E-state index contributed by atoms with van der Waals surface area (Å²) in [5.74, 6) is 1.22. The minimum absolute atomic E-state index is 0. The van der Waals surface area contributed by atoms with Gasteiger partial charge in [0, 0.05) is 34.4 Å². The molecule has 7 rings (SSSR count). The van der Waals surface area contributed by atoms with Crippen LogP contribution in [0.5, 0.6) is 0 Å². The molecular weight excluding hydrogens is 663 g/mol. The second-order valence-electron chi connectivity index (χ2n) is 10.7. The molecule has 6 nitrogen and oxygen atoms in total. The Labute approximate surface area is 242 Å². The summed E-state index contributed by atoms with van der Waals surface area (Å²) in [6, 6.07) is 27.4. The molecule has 0 saturated heterocycles. The van der Waals surface area contributed by atoms with E-state index in [2.05, 4.69) is 74.1 Å². The van der Waals surface area contributed by atoms with E-state index in [-0.39, 0.29) is 21.1 Å². The van der Waals surface area contributed by atoms with Gasteiger partial charge in [0.15, 0.2) is 11.7 Å². The molecule has 3 aromatic carbocycles. The van der Waals surface area contributed by atoms with Gasteiger partial charge in [-0.3, -0.25) is 15.0 Å². The van der Waals surface area contributed by atoms with Crippen molar-refractivity contribution in [1.29, 1.82) is 0 Å². The fourth-order valence-corrected chi connectivity index (χ4v) is 5.33. The molecule has 3 aliphatic heterocycles. The zero-order valence-electron chi connectivity index (χ0n) is 21.9. The molecule has 0 N–H and O–H groups in total.